The normalized spacial score (nSPS) is 36.0. The maximum absolute atomic E-state index is 9.16. The van der Waals surface area contributed by atoms with Gasteiger partial charge in [-0.05, 0) is 31.1 Å². The molecule has 6 unspecified atom stereocenters. The number of hydrogen-bond donors (Lipinski definition) is 1. The first-order valence-corrected chi connectivity index (χ1v) is 11.4. The molecule has 0 spiro atoms. The minimum Gasteiger partial charge on any atom is -0.396 e. The summed E-state index contributed by atoms with van der Waals surface area (Å²) in [6, 6.07) is 0. The Balaban J connectivity index is 1.62. The van der Waals surface area contributed by atoms with Gasteiger partial charge < -0.3 is 9.63 Å². The number of rotatable bonds is 7. The highest BCUT2D eigenvalue weighted by molar-refractivity contribution is 8.48. The molecule has 18 heavy (non-hydrogen) atoms. The number of hydrogen-bond acceptors (Lipinski definition) is 4. The smallest absolute Gasteiger partial charge is 0.0747 e. The van der Waals surface area contributed by atoms with Crippen molar-refractivity contribution in [2.75, 3.05) is 13.2 Å². The average molecular weight is 326 g/mol. The fourth-order valence-corrected chi connectivity index (χ4v) is 7.67. The highest BCUT2D eigenvalue weighted by atomic mass is 32.7. The lowest BCUT2D eigenvalue weighted by Crippen LogP contribution is -2.22. The van der Waals surface area contributed by atoms with Crippen LogP contribution >= 0.6 is 39.2 Å². The van der Waals surface area contributed by atoms with Crippen molar-refractivity contribution in [1.29, 1.82) is 0 Å². The molecule has 0 aromatic rings. The first-order valence-electron chi connectivity index (χ1n) is 6.54. The third-order valence-electron chi connectivity index (χ3n) is 4.05. The van der Waals surface area contributed by atoms with Crippen molar-refractivity contribution < 1.29 is 9.63 Å². The predicted octanol–water partition coefficient (Wildman–Crippen LogP) is 3.95. The van der Waals surface area contributed by atoms with Crippen LogP contribution in [-0.2, 0) is 4.52 Å². The van der Waals surface area contributed by atoms with E-state index in [9.17, 15) is 0 Å². The van der Waals surface area contributed by atoms with Crippen LogP contribution in [0.15, 0.2) is 0 Å². The summed E-state index contributed by atoms with van der Waals surface area (Å²) in [5.41, 5.74) is -0.0938. The van der Waals surface area contributed by atoms with E-state index in [1.54, 1.807) is 0 Å². The molecule has 0 heterocycles. The monoisotopic (exact) mass is 326 g/mol. The number of fused-ring (bicyclic) bond motifs is 2. The van der Waals surface area contributed by atoms with Gasteiger partial charge in [0.15, 0.2) is 0 Å². The molecule has 2 rings (SSSR count). The summed E-state index contributed by atoms with van der Waals surface area (Å²) in [5, 5.41) is 10.9. The molecule has 2 aliphatic carbocycles. The average Bonchev–Trinajstić information content (AvgIpc) is 2.93. The Labute approximate surface area is 123 Å². The summed E-state index contributed by atoms with van der Waals surface area (Å²) >= 11 is 4.00. The van der Waals surface area contributed by atoms with Gasteiger partial charge in [0.2, 0.25) is 0 Å². The zero-order chi connectivity index (χ0) is 13.2. The lowest BCUT2D eigenvalue weighted by molar-refractivity contribution is 0.107. The zero-order valence-corrected chi connectivity index (χ0v) is 14.9. The van der Waals surface area contributed by atoms with Crippen LogP contribution in [0.5, 0.6) is 0 Å². The van der Waals surface area contributed by atoms with Crippen LogP contribution in [0.3, 0.4) is 0 Å². The van der Waals surface area contributed by atoms with E-state index in [-0.39, 0.29) is 12.0 Å². The molecule has 0 radical (unpaired) electrons. The van der Waals surface area contributed by atoms with E-state index in [1.165, 1.54) is 19.3 Å². The Kier molecular flexibility index (Phi) is 6.13. The van der Waals surface area contributed by atoms with Gasteiger partial charge in [0.25, 0.3) is 0 Å². The molecule has 1 N–H and O–H groups in total. The molecule has 0 aliphatic heterocycles. The Hall–Kier alpha value is 1.48. The van der Waals surface area contributed by atoms with Gasteiger partial charge in [0.05, 0.1) is 21.2 Å². The minimum atomic E-state index is -0.0938. The summed E-state index contributed by atoms with van der Waals surface area (Å²) in [6.45, 7) is 4.95. The zero-order valence-electron chi connectivity index (χ0n) is 11.1. The van der Waals surface area contributed by atoms with Crippen molar-refractivity contribution in [2.45, 2.75) is 43.6 Å². The van der Waals surface area contributed by atoms with Crippen molar-refractivity contribution in [3.8, 4) is 0 Å². The largest absolute Gasteiger partial charge is 0.396 e. The lowest BCUT2D eigenvalue weighted by Gasteiger charge is -2.26. The van der Waals surface area contributed by atoms with Gasteiger partial charge in [-0.3, -0.25) is 0 Å². The maximum Gasteiger partial charge on any atom is 0.0747 e. The van der Waals surface area contributed by atoms with Crippen LogP contribution in [0.4, 0.5) is 0 Å². The molecule has 0 saturated heterocycles. The third kappa shape index (κ3) is 3.99. The van der Waals surface area contributed by atoms with Gasteiger partial charge in [-0.15, -0.1) is 22.8 Å². The summed E-state index contributed by atoms with van der Waals surface area (Å²) in [5.74, 6) is 1.88. The van der Waals surface area contributed by atoms with E-state index in [4.69, 9.17) is 9.63 Å². The molecule has 0 aromatic heterocycles. The van der Waals surface area contributed by atoms with E-state index in [0.29, 0.717) is 14.6 Å². The molecule has 6 heteroatoms. The highest BCUT2D eigenvalue weighted by Gasteiger charge is 2.45. The Morgan fingerprint density at radius 2 is 1.94 bits per heavy atom. The summed E-state index contributed by atoms with van der Waals surface area (Å²) in [6.07, 6.45) is 4.24. The number of aliphatic hydroxyl groups excluding tert-OH is 1. The van der Waals surface area contributed by atoms with Gasteiger partial charge >= 0.3 is 0 Å². The fourth-order valence-electron chi connectivity index (χ4n) is 2.85. The van der Waals surface area contributed by atoms with E-state index in [1.807, 2.05) is 36.6 Å². The molecule has 2 bridgehead atoms. The molecule has 2 aliphatic rings. The Morgan fingerprint density at radius 1 is 1.28 bits per heavy atom. The van der Waals surface area contributed by atoms with Crippen LogP contribution in [0, 0.1) is 17.3 Å². The van der Waals surface area contributed by atoms with E-state index in [0.717, 1.165) is 22.3 Å². The van der Waals surface area contributed by atoms with E-state index < -0.39 is 0 Å². The molecule has 2 saturated carbocycles. The van der Waals surface area contributed by atoms with Gasteiger partial charge in [-0.2, -0.15) is 0 Å². The van der Waals surface area contributed by atoms with Crippen molar-refractivity contribution >= 4 is 39.2 Å². The molecule has 2 fully saturated rings. The van der Waals surface area contributed by atoms with Crippen LogP contribution in [0.1, 0.15) is 33.1 Å². The van der Waals surface area contributed by atoms with Crippen molar-refractivity contribution in [3.05, 3.63) is 0 Å². The predicted molar refractivity (Wildman–Crippen MR) is 88.4 cm³/mol. The topological polar surface area (TPSA) is 29.5 Å². The Bertz CT molecular complexity index is 279. The maximum atomic E-state index is 9.16. The molecular weight excluding hydrogens is 302 g/mol. The summed E-state index contributed by atoms with van der Waals surface area (Å²) in [7, 11) is 3.37. The number of aliphatic hydroxyl groups is 1. The van der Waals surface area contributed by atoms with Crippen LogP contribution in [-0.4, -0.2) is 28.8 Å². The highest BCUT2D eigenvalue weighted by Crippen LogP contribution is 2.57. The molecule has 0 amide bonds. The van der Waals surface area contributed by atoms with Crippen LogP contribution < -0.4 is 0 Å². The fraction of sp³-hybridized carbons (Fsp3) is 1.00. The standard InChI is InChI=1S/C12H24O2P2S2/c1-12(2,6-13)7-14-16-18-11-5-8-3-9(11)4-10(8)17-15/h8-11,13,16H,3-7,15H2,1-2H3. The minimum absolute atomic E-state index is 0.0938. The van der Waals surface area contributed by atoms with Crippen molar-refractivity contribution in [1.82, 2.24) is 0 Å². The van der Waals surface area contributed by atoms with Crippen molar-refractivity contribution in [2.24, 2.45) is 17.3 Å². The molecule has 106 valence electrons. The van der Waals surface area contributed by atoms with Gasteiger partial charge in [-0.25, -0.2) is 0 Å². The van der Waals surface area contributed by atoms with Gasteiger partial charge in [0, 0.05) is 15.9 Å². The second kappa shape index (κ2) is 6.96. The molecule has 2 nitrogen and oxygen atoms in total. The van der Waals surface area contributed by atoms with Crippen molar-refractivity contribution in [3.63, 3.8) is 0 Å². The first kappa shape index (κ1) is 15.9. The van der Waals surface area contributed by atoms with E-state index >= 15 is 0 Å². The van der Waals surface area contributed by atoms with Crippen LogP contribution in [0.2, 0.25) is 0 Å². The molecule has 0 aromatic carbocycles. The lowest BCUT2D eigenvalue weighted by atomic mass is 9.97. The first-order chi connectivity index (χ1) is 8.55. The van der Waals surface area contributed by atoms with Crippen LogP contribution in [0.25, 0.3) is 0 Å². The van der Waals surface area contributed by atoms with E-state index in [2.05, 4.69) is 8.44 Å². The van der Waals surface area contributed by atoms with Gasteiger partial charge in [-0.1, -0.05) is 22.3 Å². The summed E-state index contributed by atoms with van der Waals surface area (Å²) < 4.78 is 5.73. The Morgan fingerprint density at radius 3 is 2.50 bits per heavy atom. The quantitative estimate of drug-likeness (QED) is 0.566. The second-order valence-electron chi connectivity index (χ2n) is 6.25. The SMILES string of the molecule is CC(C)(CO)COPSC1CC2CC1CC2SP. The van der Waals surface area contributed by atoms with Gasteiger partial charge in [0.1, 0.15) is 0 Å². The summed E-state index contributed by atoms with van der Waals surface area (Å²) in [4.78, 5) is 0. The third-order valence-corrected chi connectivity index (χ3v) is 8.82. The molecular formula is C12H24O2P2S2. The second-order valence-corrected chi connectivity index (χ2v) is 10.5. The molecule has 6 atom stereocenters.